The van der Waals surface area contributed by atoms with E-state index in [-0.39, 0.29) is 36.7 Å². The molecule has 0 radical (unpaired) electrons. The first-order valence-corrected chi connectivity index (χ1v) is 14.5. The lowest BCUT2D eigenvalue weighted by atomic mass is 9.96. The summed E-state index contributed by atoms with van der Waals surface area (Å²) in [5.41, 5.74) is 1.56. The molecule has 2 aromatic carbocycles. The fourth-order valence-electron chi connectivity index (χ4n) is 4.53. The second kappa shape index (κ2) is 14.7. The summed E-state index contributed by atoms with van der Waals surface area (Å²) < 4.78 is 10.6. The third-order valence-corrected chi connectivity index (χ3v) is 6.74. The van der Waals surface area contributed by atoms with Crippen LogP contribution in [0.3, 0.4) is 0 Å². The van der Waals surface area contributed by atoms with E-state index in [0.29, 0.717) is 18.5 Å². The van der Waals surface area contributed by atoms with Crippen molar-refractivity contribution in [2.45, 2.75) is 78.1 Å². The van der Waals surface area contributed by atoms with Crippen LogP contribution in [0, 0.1) is 11.3 Å². The Hall–Kier alpha value is -4.41. The molecule has 11 nitrogen and oxygen atoms in total. The molecule has 232 valence electrons. The number of nitrogens with one attached hydrogen (secondary N) is 4. The molecular weight excluding hydrogens is 550 g/mol. The molecular formula is C32H43N5O6. The highest BCUT2D eigenvalue weighted by molar-refractivity contribution is 6.04. The van der Waals surface area contributed by atoms with Crippen molar-refractivity contribution in [3.05, 3.63) is 71.3 Å². The Balaban J connectivity index is 1.55. The van der Waals surface area contributed by atoms with Gasteiger partial charge >= 0.3 is 12.2 Å². The number of rotatable bonds is 9. The SMILES string of the molecule is CC(C)COC(=O)NC(=N)c1ccc(CNC(=O)[C@H](C)NC(=O)[C@H]2C[C@H](c3ccccc3)CN2C(=O)OC(C)(C)C)cc1. The summed E-state index contributed by atoms with van der Waals surface area (Å²) in [6.45, 7) is 11.5. The fourth-order valence-corrected chi connectivity index (χ4v) is 4.53. The van der Waals surface area contributed by atoms with E-state index in [2.05, 4.69) is 16.0 Å². The number of likely N-dealkylation sites (tertiary alicyclic amines) is 1. The predicted molar refractivity (Wildman–Crippen MR) is 163 cm³/mol. The van der Waals surface area contributed by atoms with E-state index in [1.54, 1.807) is 52.0 Å². The minimum Gasteiger partial charge on any atom is -0.449 e. The van der Waals surface area contributed by atoms with Gasteiger partial charge in [-0.15, -0.1) is 0 Å². The van der Waals surface area contributed by atoms with Crippen LogP contribution in [0.1, 0.15) is 70.6 Å². The normalized spacial score (nSPS) is 17.1. The van der Waals surface area contributed by atoms with Crippen LogP contribution in [0.2, 0.25) is 0 Å². The van der Waals surface area contributed by atoms with Crippen molar-refractivity contribution in [3.8, 4) is 0 Å². The Morgan fingerprint density at radius 2 is 1.65 bits per heavy atom. The molecule has 1 heterocycles. The first-order valence-electron chi connectivity index (χ1n) is 14.5. The number of nitrogens with zero attached hydrogens (tertiary/aromatic N) is 1. The first-order chi connectivity index (χ1) is 20.2. The van der Waals surface area contributed by atoms with Gasteiger partial charge in [0.2, 0.25) is 11.8 Å². The van der Waals surface area contributed by atoms with Gasteiger partial charge in [0.25, 0.3) is 0 Å². The molecule has 43 heavy (non-hydrogen) atoms. The van der Waals surface area contributed by atoms with Crippen molar-refractivity contribution < 1.29 is 28.7 Å². The van der Waals surface area contributed by atoms with Gasteiger partial charge in [-0.2, -0.15) is 0 Å². The average molecular weight is 594 g/mol. The maximum Gasteiger partial charge on any atom is 0.412 e. The molecule has 1 saturated heterocycles. The lowest BCUT2D eigenvalue weighted by Crippen LogP contribution is -2.52. The summed E-state index contributed by atoms with van der Waals surface area (Å²) in [5.74, 6) is -0.760. The van der Waals surface area contributed by atoms with Gasteiger partial charge in [0.1, 0.15) is 23.5 Å². The summed E-state index contributed by atoms with van der Waals surface area (Å²) >= 11 is 0. The molecule has 1 aliphatic rings. The van der Waals surface area contributed by atoms with Crippen LogP contribution in [-0.2, 0) is 25.6 Å². The molecule has 1 fully saturated rings. The highest BCUT2D eigenvalue weighted by atomic mass is 16.6. The number of amides is 4. The van der Waals surface area contributed by atoms with Crippen LogP contribution in [0.4, 0.5) is 9.59 Å². The molecule has 3 rings (SSSR count). The van der Waals surface area contributed by atoms with E-state index in [1.807, 2.05) is 44.2 Å². The van der Waals surface area contributed by atoms with Crippen LogP contribution in [0.25, 0.3) is 0 Å². The number of hydrogen-bond acceptors (Lipinski definition) is 7. The molecule has 0 unspecified atom stereocenters. The summed E-state index contributed by atoms with van der Waals surface area (Å²) in [6, 6.07) is 14.9. The van der Waals surface area contributed by atoms with Gasteiger partial charge in [-0.25, -0.2) is 9.59 Å². The molecule has 3 atom stereocenters. The maximum atomic E-state index is 13.3. The number of hydrogen-bond donors (Lipinski definition) is 4. The molecule has 4 N–H and O–H groups in total. The predicted octanol–water partition coefficient (Wildman–Crippen LogP) is 4.31. The topological polar surface area (TPSA) is 150 Å². The Morgan fingerprint density at radius 3 is 2.26 bits per heavy atom. The summed E-state index contributed by atoms with van der Waals surface area (Å²) in [4.78, 5) is 52.4. The number of benzene rings is 2. The number of alkyl carbamates (subject to hydrolysis) is 1. The van der Waals surface area contributed by atoms with Crippen LogP contribution in [0.15, 0.2) is 54.6 Å². The van der Waals surface area contributed by atoms with E-state index >= 15 is 0 Å². The van der Waals surface area contributed by atoms with Crippen molar-refractivity contribution in [2.75, 3.05) is 13.2 Å². The molecule has 4 amide bonds. The Labute approximate surface area is 253 Å². The van der Waals surface area contributed by atoms with Crippen molar-refractivity contribution in [1.82, 2.24) is 20.9 Å². The monoisotopic (exact) mass is 593 g/mol. The Kier molecular flexibility index (Phi) is 11.3. The number of ether oxygens (including phenoxy) is 2. The molecule has 2 aromatic rings. The Morgan fingerprint density at radius 1 is 1.00 bits per heavy atom. The average Bonchev–Trinajstić information content (AvgIpc) is 3.41. The highest BCUT2D eigenvalue weighted by Gasteiger charge is 2.42. The van der Waals surface area contributed by atoms with Crippen LogP contribution in [0.5, 0.6) is 0 Å². The summed E-state index contributed by atoms with van der Waals surface area (Å²) in [7, 11) is 0. The third kappa shape index (κ3) is 10.1. The van der Waals surface area contributed by atoms with Gasteiger partial charge in [0.15, 0.2) is 0 Å². The van der Waals surface area contributed by atoms with Crippen LogP contribution in [-0.4, -0.2) is 65.6 Å². The standard InChI is InChI=1S/C32H43N5O6/c1-20(2)19-42-30(40)36-27(33)24-14-12-22(13-15-24)17-34-28(38)21(3)35-29(39)26-16-25(23-10-8-7-9-11-23)18-37(26)31(41)43-32(4,5)6/h7-15,20-21,25-26H,16-19H2,1-6H3,(H,34,38)(H,35,39)(H2,33,36,40)/t21-,25-,26+/m0/s1. The molecule has 0 aliphatic carbocycles. The lowest BCUT2D eigenvalue weighted by Gasteiger charge is -2.28. The van der Waals surface area contributed by atoms with E-state index in [4.69, 9.17) is 14.9 Å². The quantitative estimate of drug-likeness (QED) is 0.251. The van der Waals surface area contributed by atoms with Gasteiger partial charge in [0.05, 0.1) is 6.61 Å². The molecule has 0 saturated carbocycles. The van der Waals surface area contributed by atoms with Crippen LogP contribution >= 0.6 is 0 Å². The second-order valence-corrected chi connectivity index (χ2v) is 12.1. The van der Waals surface area contributed by atoms with E-state index in [9.17, 15) is 19.2 Å². The van der Waals surface area contributed by atoms with Gasteiger partial charge in [-0.3, -0.25) is 25.2 Å². The van der Waals surface area contributed by atoms with Crippen molar-refractivity contribution >= 4 is 29.8 Å². The third-order valence-electron chi connectivity index (χ3n) is 6.74. The van der Waals surface area contributed by atoms with E-state index in [0.717, 1.165) is 11.1 Å². The molecule has 1 aliphatic heterocycles. The fraction of sp³-hybridized carbons (Fsp3) is 0.469. The van der Waals surface area contributed by atoms with E-state index < -0.39 is 35.8 Å². The smallest absolute Gasteiger partial charge is 0.412 e. The van der Waals surface area contributed by atoms with Gasteiger partial charge < -0.3 is 20.1 Å². The number of amidine groups is 1. The van der Waals surface area contributed by atoms with Crippen molar-refractivity contribution in [2.24, 2.45) is 5.92 Å². The zero-order valence-electron chi connectivity index (χ0n) is 25.7. The summed E-state index contributed by atoms with van der Waals surface area (Å²) in [5, 5.41) is 16.0. The molecule has 0 spiro atoms. The number of carbonyl (C=O) groups excluding carboxylic acids is 4. The minimum absolute atomic E-state index is 0.0426. The van der Waals surface area contributed by atoms with Gasteiger partial charge in [0, 0.05) is 24.6 Å². The molecule has 11 heteroatoms. The zero-order valence-corrected chi connectivity index (χ0v) is 25.7. The van der Waals surface area contributed by atoms with Gasteiger partial charge in [-0.05, 0) is 51.2 Å². The van der Waals surface area contributed by atoms with E-state index in [1.165, 1.54) is 4.90 Å². The Bertz CT molecular complexity index is 1290. The van der Waals surface area contributed by atoms with Crippen LogP contribution < -0.4 is 16.0 Å². The zero-order chi connectivity index (χ0) is 31.7. The van der Waals surface area contributed by atoms with Crippen molar-refractivity contribution in [1.29, 1.82) is 5.41 Å². The largest absolute Gasteiger partial charge is 0.449 e. The molecule has 0 aromatic heterocycles. The second-order valence-electron chi connectivity index (χ2n) is 12.1. The highest BCUT2D eigenvalue weighted by Crippen LogP contribution is 2.33. The minimum atomic E-state index is -0.850. The first kappa shape index (κ1) is 33.1. The maximum absolute atomic E-state index is 13.3. The number of carbonyl (C=O) groups is 4. The van der Waals surface area contributed by atoms with Crippen molar-refractivity contribution in [3.63, 3.8) is 0 Å². The summed E-state index contributed by atoms with van der Waals surface area (Å²) in [6.07, 6.45) is -0.842. The molecule has 0 bridgehead atoms. The van der Waals surface area contributed by atoms with Gasteiger partial charge in [-0.1, -0.05) is 68.4 Å². The lowest BCUT2D eigenvalue weighted by molar-refractivity contribution is -0.131.